The first kappa shape index (κ1) is 27.3. The smallest absolute Gasteiger partial charge is 0.248 e. The van der Waals surface area contributed by atoms with E-state index in [0.717, 1.165) is 18.4 Å². The molecule has 0 saturated heterocycles. The third-order valence-electron chi connectivity index (χ3n) is 5.80. The second kappa shape index (κ2) is 15.1. The zero-order valence-corrected chi connectivity index (χ0v) is 20.8. The Balaban J connectivity index is 2.59. The summed E-state index contributed by atoms with van der Waals surface area (Å²) in [4.78, 5) is 12.1. The minimum absolute atomic E-state index is 0.173. The number of aromatic hydroxyl groups is 1. The molecule has 0 fully saturated rings. The van der Waals surface area contributed by atoms with E-state index in [4.69, 9.17) is 0 Å². The zero-order chi connectivity index (χ0) is 23.9. The first-order chi connectivity index (χ1) is 15.3. The van der Waals surface area contributed by atoms with Crippen molar-refractivity contribution in [3.8, 4) is 17.6 Å². The summed E-state index contributed by atoms with van der Waals surface area (Å²) >= 11 is 0. The van der Waals surface area contributed by atoms with E-state index in [-0.39, 0.29) is 11.7 Å². The zero-order valence-electron chi connectivity index (χ0n) is 20.8. The minimum Gasteiger partial charge on any atom is -0.508 e. The number of nitrogens with one attached hydrogen (secondary N) is 1. The molecule has 32 heavy (non-hydrogen) atoms. The molecule has 1 rings (SSSR count). The molecule has 0 radical (unpaired) electrons. The summed E-state index contributed by atoms with van der Waals surface area (Å²) in [6.45, 7) is 13.2. The number of hydrogen-bond acceptors (Lipinski definition) is 2. The van der Waals surface area contributed by atoms with Crippen LogP contribution in [0, 0.1) is 17.8 Å². The maximum atomic E-state index is 12.1. The highest BCUT2D eigenvalue weighted by Gasteiger charge is 2.09. The lowest BCUT2D eigenvalue weighted by Gasteiger charge is -2.16. The van der Waals surface area contributed by atoms with Crippen molar-refractivity contribution in [2.24, 2.45) is 5.92 Å². The molecule has 3 heteroatoms. The summed E-state index contributed by atoms with van der Waals surface area (Å²) in [5.74, 6) is 6.77. The van der Waals surface area contributed by atoms with E-state index in [1.54, 1.807) is 41.5 Å². The maximum Gasteiger partial charge on any atom is 0.248 e. The van der Waals surface area contributed by atoms with Gasteiger partial charge in [0, 0.05) is 18.2 Å². The summed E-state index contributed by atoms with van der Waals surface area (Å²) in [6, 6.07) is 6.41. The number of anilines is 1. The quantitative estimate of drug-likeness (QED) is 0.122. The van der Waals surface area contributed by atoms with Crippen LogP contribution in [0.5, 0.6) is 5.75 Å². The van der Waals surface area contributed by atoms with E-state index in [9.17, 15) is 9.90 Å². The molecule has 1 unspecified atom stereocenters. The topological polar surface area (TPSA) is 49.3 Å². The number of unbranched alkanes of at least 4 members (excludes halogenated alkanes) is 2. The van der Waals surface area contributed by atoms with Gasteiger partial charge in [-0.15, -0.1) is 0 Å². The van der Waals surface area contributed by atoms with Crippen molar-refractivity contribution in [1.82, 2.24) is 0 Å². The van der Waals surface area contributed by atoms with E-state index in [2.05, 4.69) is 51.8 Å². The predicted molar refractivity (Wildman–Crippen MR) is 138 cm³/mol. The fraction of sp³-hybridized carbons (Fsp3) is 0.483. The number of phenolic OH excluding ortho intramolecular Hbond substituents is 1. The first-order valence-electron chi connectivity index (χ1n) is 11.9. The van der Waals surface area contributed by atoms with Gasteiger partial charge in [-0.1, -0.05) is 67.7 Å². The monoisotopic (exact) mass is 435 g/mol. The van der Waals surface area contributed by atoms with Gasteiger partial charge in [-0.25, -0.2) is 0 Å². The molecule has 2 N–H and O–H groups in total. The van der Waals surface area contributed by atoms with Crippen LogP contribution < -0.4 is 5.32 Å². The van der Waals surface area contributed by atoms with Gasteiger partial charge in [-0.05, 0) is 82.7 Å². The van der Waals surface area contributed by atoms with Crippen LogP contribution in [-0.2, 0) is 4.79 Å². The van der Waals surface area contributed by atoms with E-state index < -0.39 is 0 Å². The van der Waals surface area contributed by atoms with Crippen molar-refractivity contribution >= 4 is 11.6 Å². The number of hydrogen-bond donors (Lipinski definition) is 2. The molecule has 0 aliphatic heterocycles. The van der Waals surface area contributed by atoms with Crippen molar-refractivity contribution in [3.63, 3.8) is 0 Å². The number of allylic oxidation sites excluding steroid dienone is 5. The fourth-order valence-electron chi connectivity index (χ4n) is 3.46. The van der Waals surface area contributed by atoms with Crippen molar-refractivity contribution in [2.45, 2.75) is 86.5 Å². The molecule has 0 bridgehead atoms. The van der Waals surface area contributed by atoms with Crippen molar-refractivity contribution in [3.05, 3.63) is 58.7 Å². The van der Waals surface area contributed by atoms with Crippen LogP contribution in [0.1, 0.15) is 86.5 Å². The molecule has 174 valence electrons. The fourth-order valence-corrected chi connectivity index (χ4v) is 3.46. The van der Waals surface area contributed by atoms with Gasteiger partial charge in [0.15, 0.2) is 0 Å². The van der Waals surface area contributed by atoms with E-state index in [1.807, 2.05) is 13.0 Å². The van der Waals surface area contributed by atoms with Crippen molar-refractivity contribution in [2.75, 3.05) is 5.32 Å². The maximum absolute atomic E-state index is 12.1. The van der Waals surface area contributed by atoms with E-state index in [0.29, 0.717) is 18.0 Å². The SMILES string of the molecule is CCCCCC(C)=C(CC)CC(C)C(C)=CC#CCC(C)=CC(=O)Nc1ccc(O)cc1. The van der Waals surface area contributed by atoms with Gasteiger partial charge in [-0.2, -0.15) is 0 Å². The molecule has 0 saturated carbocycles. The number of amides is 1. The number of carbonyl (C=O) groups excluding carboxylic acids is 1. The molecule has 1 aromatic carbocycles. The Labute approximate surface area is 195 Å². The number of benzene rings is 1. The second-order valence-corrected chi connectivity index (χ2v) is 8.71. The summed E-state index contributed by atoms with van der Waals surface area (Å²) in [5, 5.41) is 12.1. The highest BCUT2D eigenvalue weighted by molar-refractivity contribution is 5.99. The Bertz CT molecular complexity index is 876. The van der Waals surface area contributed by atoms with E-state index >= 15 is 0 Å². The second-order valence-electron chi connectivity index (χ2n) is 8.71. The Morgan fingerprint density at radius 3 is 2.44 bits per heavy atom. The Morgan fingerprint density at radius 2 is 1.81 bits per heavy atom. The largest absolute Gasteiger partial charge is 0.508 e. The number of carbonyl (C=O) groups is 1. The van der Waals surface area contributed by atoms with Crippen molar-refractivity contribution < 1.29 is 9.90 Å². The summed E-state index contributed by atoms with van der Waals surface area (Å²) in [5.41, 5.74) is 6.02. The third kappa shape index (κ3) is 11.0. The summed E-state index contributed by atoms with van der Waals surface area (Å²) < 4.78 is 0. The Hall–Kier alpha value is -2.73. The highest BCUT2D eigenvalue weighted by Crippen LogP contribution is 2.25. The van der Waals surface area contributed by atoms with Crippen LogP contribution in [-0.4, -0.2) is 11.0 Å². The third-order valence-corrected chi connectivity index (χ3v) is 5.80. The average Bonchev–Trinajstić information content (AvgIpc) is 2.76. The van der Waals surface area contributed by atoms with Crippen LogP contribution in [0.15, 0.2) is 58.7 Å². The van der Waals surface area contributed by atoms with Gasteiger partial charge in [0.1, 0.15) is 5.75 Å². The summed E-state index contributed by atoms with van der Waals surface area (Å²) in [7, 11) is 0. The van der Waals surface area contributed by atoms with Gasteiger partial charge in [0.2, 0.25) is 5.91 Å². The predicted octanol–water partition coefficient (Wildman–Crippen LogP) is 7.95. The molecule has 3 nitrogen and oxygen atoms in total. The lowest BCUT2D eigenvalue weighted by Crippen LogP contribution is -2.08. The lowest BCUT2D eigenvalue weighted by molar-refractivity contribution is -0.112. The van der Waals surface area contributed by atoms with Crippen LogP contribution in [0.25, 0.3) is 0 Å². The molecule has 0 heterocycles. The van der Waals surface area contributed by atoms with Crippen molar-refractivity contribution in [1.29, 1.82) is 0 Å². The normalized spacial score (nSPS) is 13.7. The molecule has 1 amide bonds. The number of rotatable bonds is 11. The first-order valence-corrected chi connectivity index (χ1v) is 11.9. The van der Waals surface area contributed by atoms with Crippen LogP contribution >= 0.6 is 0 Å². The van der Waals surface area contributed by atoms with Gasteiger partial charge >= 0.3 is 0 Å². The Kier molecular flexibility index (Phi) is 12.9. The lowest BCUT2D eigenvalue weighted by atomic mass is 9.89. The highest BCUT2D eigenvalue weighted by atomic mass is 16.3. The molecule has 1 atom stereocenters. The van der Waals surface area contributed by atoms with E-state index in [1.165, 1.54) is 31.3 Å². The molecule has 1 aromatic rings. The molecular formula is C29H41NO2. The Morgan fingerprint density at radius 1 is 1.12 bits per heavy atom. The molecular weight excluding hydrogens is 394 g/mol. The molecule has 0 aromatic heterocycles. The van der Waals surface area contributed by atoms with Gasteiger partial charge in [0.05, 0.1) is 0 Å². The molecule has 0 aliphatic rings. The molecule has 0 aliphatic carbocycles. The summed E-state index contributed by atoms with van der Waals surface area (Å²) in [6.07, 6.45) is 11.5. The average molecular weight is 436 g/mol. The van der Waals surface area contributed by atoms with Gasteiger partial charge < -0.3 is 10.4 Å². The minimum atomic E-state index is -0.191. The van der Waals surface area contributed by atoms with Crippen LogP contribution in [0.3, 0.4) is 0 Å². The number of phenols is 1. The standard InChI is InChI=1S/C29H41NO2/c1-7-9-10-15-24(5)26(8-2)21-25(6)23(4)14-12-11-13-22(3)20-29(32)30-27-16-18-28(31)19-17-27/h14,16-20,25,31H,7-10,13,15,21H2,1-6H3,(H,30,32). The molecule has 0 spiro atoms. The van der Waals surface area contributed by atoms with Crippen LogP contribution in [0.2, 0.25) is 0 Å². The van der Waals surface area contributed by atoms with Crippen LogP contribution in [0.4, 0.5) is 5.69 Å². The van der Waals surface area contributed by atoms with Gasteiger partial charge in [-0.3, -0.25) is 4.79 Å². The van der Waals surface area contributed by atoms with Gasteiger partial charge in [0.25, 0.3) is 0 Å².